The molecule has 0 atom stereocenters. The summed E-state index contributed by atoms with van der Waals surface area (Å²) in [6.07, 6.45) is 4.25. The van der Waals surface area contributed by atoms with E-state index in [2.05, 4.69) is 10.6 Å². The Balaban J connectivity index is 1.61. The summed E-state index contributed by atoms with van der Waals surface area (Å²) in [6.45, 7) is 0.245. The van der Waals surface area contributed by atoms with Crippen molar-refractivity contribution in [2.45, 2.75) is 37.7 Å². The summed E-state index contributed by atoms with van der Waals surface area (Å²) in [4.78, 5) is 24.9. The van der Waals surface area contributed by atoms with Crippen LogP contribution in [0.4, 0.5) is 5.69 Å². The summed E-state index contributed by atoms with van der Waals surface area (Å²) in [5.41, 5.74) is 0.202. The fraction of sp³-hybridized carbons (Fsp3) is 0.400. The number of benzene rings is 2. The highest BCUT2D eigenvalue weighted by atomic mass is 16.3. The Labute approximate surface area is 146 Å². The van der Waals surface area contributed by atoms with Gasteiger partial charge in [0.2, 0.25) is 5.91 Å². The second-order valence-electron chi connectivity index (χ2n) is 7.27. The zero-order valence-corrected chi connectivity index (χ0v) is 14.0. The van der Waals surface area contributed by atoms with Crippen molar-refractivity contribution < 1.29 is 14.7 Å². The molecule has 2 amide bonds. The van der Waals surface area contributed by atoms with Gasteiger partial charge in [0.15, 0.2) is 0 Å². The van der Waals surface area contributed by atoms with Gasteiger partial charge in [0.05, 0.1) is 16.9 Å². The van der Waals surface area contributed by atoms with E-state index in [9.17, 15) is 14.7 Å². The molecule has 2 aliphatic carbocycles. The molecule has 2 saturated carbocycles. The predicted octanol–water partition coefficient (Wildman–Crippen LogP) is 2.83. The zero-order valence-electron chi connectivity index (χ0n) is 14.0. The second-order valence-corrected chi connectivity index (χ2v) is 7.27. The average molecular weight is 338 g/mol. The van der Waals surface area contributed by atoms with Crippen molar-refractivity contribution in [3.8, 4) is 0 Å². The van der Waals surface area contributed by atoms with Crippen molar-refractivity contribution in [1.82, 2.24) is 5.32 Å². The van der Waals surface area contributed by atoms with Crippen LogP contribution in [0.1, 0.15) is 42.5 Å². The quantitative estimate of drug-likeness (QED) is 0.784. The fourth-order valence-corrected chi connectivity index (χ4v) is 3.21. The highest BCUT2D eigenvalue weighted by Gasteiger charge is 2.35. The number of aliphatic hydroxyl groups is 1. The smallest absolute Gasteiger partial charge is 0.253 e. The number of carbonyl (C=O) groups is 2. The molecule has 0 heterocycles. The Hall–Kier alpha value is -2.40. The van der Waals surface area contributed by atoms with Crippen molar-refractivity contribution in [2.75, 3.05) is 11.9 Å². The largest absolute Gasteiger partial charge is 0.388 e. The molecular formula is C20H22N2O3. The number of anilines is 1. The number of fused-ring (bicyclic) bond motifs is 1. The van der Waals surface area contributed by atoms with E-state index < -0.39 is 5.60 Å². The van der Waals surface area contributed by atoms with Gasteiger partial charge in [-0.05, 0) is 55.0 Å². The van der Waals surface area contributed by atoms with Crippen molar-refractivity contribution in [3.63, 3.8) is 0 Å². The predicted molar refractivity (Wildman–Crippen MR) is 96.4 cm³/mol. The molecule has 2 fully saturated rings. The summed E-state index contributed by atoms with van der Waals surface area (Å²) < 4.78 is 0. The lowest BCUT2D eigenvalue weighted by atomic mass is 9.80. The molecule has 3 N–H and O–H groups in total. The first kappa shape index (κ1) is 16.1. The average Bonchev–Trinajstić information content (AvgIpc) is 3.42. The molecule has 2 aliphatic rings. The van der Waals surface area contributed by atoms with Crippen molar-refractivity contribution in [2.24, 2.45) is 5.92 Å². The topological polar surface area (TPSA) is 78.4 Å². The Morgan fingerprint density at radius 2 is 1.80 bits per heavy atom. The van der Waals surface area contributed by atoms with Gasteiger partial charge < -0.3 is 15.7 Å². The van der Waals surface area contributed by atoms with Gasteiger partial charge in [-0.25, -0.2) is 0 Å². The number of rotatable bonds is 5. The van der Waals surface area contributed by atoms with Crippen molar-refractivity contribution >= 4 is 28.3 Å². The van der Waals surface area contributed by atoms with Crippen LogP contribution in [0.25, 0.3) is 10.8 Å². The summed E-state index contributed by atoms with van der Waals surface area (Å²) in [5, 5.41) is 17.8. The fourth-order valence-electron chi connectivity index (χ4n) is 3.21. The van der Waals surface area contributed by atoms with E-state index in [0.29, 0.717) is 11.3 Å². The van der Waals surface area contributed by atoms with Crippen LogP contribution >= 0.6 is 0 Å². The lowest BCUT2D eigenvalue weighted by Crippen LogP contribution is -2.47. The normalized spacial score (nSPS) is 18.4. The van der Waals surface area contributed by atoms with E-state index in [1.807, 2.05) is 30.3 Å². The Morgan fingerprint density at radius 1 is 1.12 bits per heavy atom. The third-order valence-electron chi connectivity index (χ3n) is 5.20. The minimum Gasteiger partial charge on any atom is -0.388 e. The SMILES string of the molecule is O=C(NCC1(O)CCC1)c1cc2ccccc2cc1NC(=O)C1CC1. The van der Waals surface area contributed by atoms with Gasteiger partial charge in [-0.3, -0.25) is 9.59 Å². The van der Waals surface area contributed by atoms with Gasteiger partial charge in [0.25, 0.3) is 5.91 Å². The summed E-state index contributed by atoms with van der Waals surface area (Å²) >= 11 is 0. The molecule has 2 aromatic carbocycles. The Bertz CT molecular complexity index is 838. The van der Waals surface area contributed by atoms with Crippen LogP contribution < -0.4 is 10.6 Å². The number of amides is 2. The van der Waals surface area contributed by atoms with Crippen LogP contribution in [0.2, 0.25) is 0 Å². The first-order chi connectivity index (χ1) is 12.0. The molecule has 25 heavy (non-hydrogen) atoms. The number of carbonyl (C=O) groups excluding carboxylic acids is 2. The molecule has 4 rings (SSSR count). The highest BCUT2D eigenvalue weighted by Crippen LogP contribution is 2.33. The van der Waals surface area contributed by atoms with Gasteiger partial charge in [0.1, 0.15) is 0 Å². The third-order valence-corrected chi connectivity index (χ3v) is 5.20. The van der Waals surface area contributed by atoms with Crippen LogP contribution in [0.5, 0.6) is 0 Å². The summed E-state index contributed by atoms with van der Waals surface area (Å²) in [6, 6.07) is 11.4. The van der Waals surface area contributed by atoms with E-state index in [1.165, 1.54) is 0 Å². The maximum atomic E-state index is 12.7. The molecular weight excluding hydrogens is 316 g/mol. The molecule has 2 aromatic rings. The van der Waals surface area contributed by atoms with Crippen molar-refractivity contribution in [3.05, 3.63) is 42.0 Å². The maximum Gasteiger partial charge on any atom is 0.253 e. The molecule has 0 aliphatic heterocycles. The van der Waals surface area contributed by atoms with Crippen molar-refractivity contribution in [1.29, 1.82) is 0 Å². The van der Waals surface area contributed by atoms with Crippen LogP contribution in [0.15, 0.2) is 36.4 Å². The standard InChI is InChI=1S/C20H22N2O3/c23-18(13-6-7-13)22-17-11-15-5-2-1-4-14(15)10-16(17)19(24)21-12-20(25)8-3-9-20/h1-2,4-5,10-11,13,25H,3,6-9,12H2,(H,21,24)(H,22,23). The Kier molecular flexibility index (Phi) is 3.96. The minimum absolute atomic E-state index is 0.0260. The molecule has 130 valence electrons. The number of hydrogen-bond donors (Lipinski definition) is 3. The molecule has 0 spiro atoms. The second kappa shape index (κ2) is 6.15. The van der Waals surface area contributed by atoms with Gasteiger partial charge in [0, 0.05) is 12.5 Å². The van der Waals surface area contributed by atoms with E-state index in [0.717, 1.165) is 42.9 Å². The van der Waals surface area contributed by atoms with Gasteiger partial charge in [-0.15, -0.1) is 0 Å². The van der Waals surface area contributed by atoms with Gasteiger partial charge >= 0.3 is 0 Å². The monoisotopic (exact) mass is 338 g/mol. The van der Waals surface area contributed by atoms with Crippen LogP contribution in [0, 0.1) is 5.92 Å². The lowest BCUT2D eigenvalue weighted by Gasteiger charge is -2.36. The molecule has 5 nitrogen and oxygen atoms in total. The minimum atomic E-state index is -0.774. The van der Waals surface area contributed by atoms with E-state index in [-0.39, 0.29) is 24.3 Å². The van der Waals surface area contributed by atoms with Crippen LogP contribution in [-0.4, -0.2) is 29.1 Å². The third kappa shape index (κ3) is 3.37. The molecule has 5 heteroatoms. The zero-order chi connectivity index (χ0) is 17.4. The van der Waals surface area contributed by atoms with Crippen LogP contribution in [-0.2, 0) is 4.79 Å². The summed E-state index contributed by atoms with van der Waals surface area (Å²) in [5.74, 6) is -0.225. The molecule has 0 bridgehead atoms. The van der Waals surface area contributed by atoms with Gasteiger partial charge in [-0.2, -0.15) is 0 Å². The number of nitrogens with one attached hydrogen (secondary N) is 2. The first-order valence-electron chi connectivity index (χ1n) is 8.88. The lowest BCUT2D eigenvalue weighted by molar-refractivity contribution is -0.117. The van der Waals surface area contributed by atoms with E-state index in [1.54, 1.807) is 6.07 Å². The van der Waals surface area contributed by atoms with Gasteiger partial charge in [-0.1, -0.05) is 24.3 Å². The number of hydrogen-bond acceptors (Lipinski definition) is 3. The van der Waals surface area contributed by atoms with E-state index >= 15 is 0 Å². The molecule has 0 saturated heterocycles. The Morgan fingerprint density at radius 3 is 2.40 bits per heavy atom. The van der Waals surface area contributed by atoms with Crippen LogP contribution in [0.3, 0.4) is 0 Å². The molecule has 0 radical (unpaired) electrons. The molecule has 0 unspecified atom stereocenters. The van der Waals surface area contributed by atoms with E-state index in [4.69, 9.17) is 0 Å². The summed E-state index contributed by atoms with van der Waals surface area (Å²) in [7, 11) is 0. The first-order valence-corrected chi connectivity index (χ1v) is 8.88. The maximum absolute atomic E-state index is 12.7. The highest BCUT2D eigenvalue weighted by molar-refractivity contribution is 6.08. The molecule has 0 aromatic heterocycles.